The number of amides is 1. The van der Waals surface area contributed by atoms with Gasteiger partial charge in [-0.3, -0.25) is 4.79 Å². The number of hydrogen-bond acceptors (Lipinski definition) is 4. The molecule has 3 N–H and O–H groups in total. The molecule has 5 nitrogen and oxygen atoms in total. The van der Waals surface area contributed by atoms with Crippen molar-refractivity contribution in [1.82, 2.24) is 10.2 Å². The highest BCUT2D eigenvalue weighted by atomic mass is 19.1. The molecule has 1 aromatic rings. The van der Waals surface area contributed by atoms with Gasteiger partial charge in [0.2, 0.25) is 0 Å². The molecule has 0 atom stereocenters. The molecule has 128 valence electrons. The smallest absolute Gasteiger partial charge is 0.251 e. The summed E-state index contributed by atoms with van der Waals surface area (Å²) in [7, 11) is 0. The fraction of sp³-hybridized carbons (Fsp3) is 0.588. The van der Waals surface area contributed by atoms with Crippen molar-refractivity contribution in [3.63, 3.8) is 0 Å². The molecule has 1 amide bonds. The van der Waals surface area contributed by atoms with Gasteiger partial charge < -0.3 is 20.9 Å². The fourth-order valence-corrected chi connectivity index (χ4v) is 2.78. The molecule has 1 saturated heterocycles. The van der Waals surface area contributed by atoms with Gasteiger partial charge in [-0.1, -0.05) is 6.92 Å². The third-order valence-corrected chi connectivity index (χ3v) is 4.29. The second-order valence-corrected chi connectivity index (χ2v) is 5.84. The maximum absolute atomic E-state index is 14.4. The Balaban J connectivity index is 1.94. The normalized spacial score (nSPS) is 15.7. The average molecular weight is 322 g/mol. The predicted molar refractivity (Wildman–Crippen MR) is 91.3 cm³/mol. The highest BCUT2D eigenvalue weighted by Gasteiger charge is 2.19. The van der Waals surface area contributed by atoms with Crippen LogP contribution in [-0.4, -0.2) is 56.6 Å². The number of nitrogens with zero attached hydrogens (tertiary/aromatic N) is 2. The molecular formula is C17H27FN4O. The van der Waals surface area contributed by atoms with Gasteiger partial charge in [0.1, 0.15) is 5.82 Å². The summed E-state index contributed by atoms with van der Waals surface area (Å²) in [6.07, 6.45) is 1.71. The van der Waals surface area contributed by atoms with E-state index >= 15 is 0 Å². The number of benzene rings is 1. The van der Waals surface area contributed by atoms with E-state index in [-0.39, 0.29) is 11.7 Å². The lowest BCUT2D eigenvalue weighted by atomic mass is 10.1. The minimum absolute atomic E-state index is 0.233. The van der Waals surface area contributed by atoms with Gasteiger partial charge in [-0.25, -0.2) is 4.39 Å². The van der Waals surface area contributed by atoms with Crippen LogP contribution in [0.1, 0.15) is 30.1 Å². The maximum Gasteiger partial charge on any atom is 0.251 e. The summed E-state index contributed by atoms with van der Waals surface area (Å²) in [5.74, 6) is -0.562. The van der Waals surface area contributed by atoms with Crippen LogP contribution in [0.4, 0.5) is 10.1 Å². The van der Waals surface area contributed by atoms with Crippen molar-refractivity contribution in [3.8, 4) is 0 Å². The summed E-state index contributed by atoms with van der Waals surface area (Å²) in [6.45, 7) is 7.86. The molecule has 1 aliphatic rings. The van der Waals surface area contributed by atoms with Crippen molar-refractivity contribution < 1.29 is 9.18 Å². The first-order chi connectivity index (χ1) is 11.2. The van der Waals surface area contributed by atoms with Crippen LogP contribution in [0.2, 0.25) is 0 Å². The first kappa shape index (κ1) is 17.7. The summed E-state index contributed by atoms with van der Waals surface area (Å²) in [5.41, 5.74) is 6.36. The van der Waals surface area contributed by atoms with Crippen LogP contribution in [0.15, 0.2) is 18.2 Å². The van der Waals surface area contributed by atoms with E-state index < -0.39 is 0 Å². The average Bonchev–Trinajstić information content (AvgIpc) is 2.58. The third kappa shape index (κ3) is 4.91. The van der Waals surface area contributed by atoms with E-state index in [9.17, 15) is 9.18 Å². The van der Waals surface area contributed by atoms with E-state index in [1.54, 1.807) is 12.1 Å². The van der Waals surface area contributed by atoms with E-state index in [2.05, 4.69) is 17.1 Å². The van der Waals surface area contributed by atoms with Gasteiger partial charge in [-0.15, -0.1) is 0 Å². The number of likely N-dealkylation sites (N-methyl/N-ethyl adjacent to an activating group) is 1. The van der Waals surface area contributed by atoms with Gasteiger partial charge in [0.15, 0.2) is 0 Å². The van der Waals surface area contributed by atoms with Gasteiger partial charge in [-0.2, -0.15) is 0 Å². The lowest BCUT2D eigenvalue weighted by Gasteiger charge is -2.35. The van der Waals surface area contributed by atoms with Crippen LogP contribution < -0.4 is 16.0 Å². The van der Waals surface area contributed by atoms with E-state index in [0.717, 1.165) is 45.6 Å². The van der Waals surface area contributed by atoms with Crippen LogP contribution in [0.3, 0.4) is 0 Å². The van der Waals surface area contributed by atoms with Crippen LogP contribution in [-0.2, 0) is 0 Å². The molecule has 0 unspecified atom stereocenters. The van der Waals surface area contributed by atoms with Crippen molar-refractivity contribution in [2.75, 3.05) is 50.7 Å². The molecule has 0 aliphatic carbocycles. The number of anilines is 1. The summed E-state index contributed by atoms with van der Waals surface area (Å²) in [4.78, 5) is 16.4. The molecule has 1 aliphatic heterocycles. The minimum atomic E-state index is -0.329. The number of hydrogen-bond donors (Lipinski definition) is 2. The Morgan fingerprint density at radius 2 is 2.00 bits per heavy atom. The largest absolute Gasteiger partial charge is 0.367 e. The summed E-state index contributed by atoms with van der Waals surface area (Å²) in [5, 5.41) is 2.79. The number of nitrogens with two attached hydrogens (primary N) is 1. The Morgan fingerprint density at radius 1 is 1.26 bits per heavy atom. The van der Waals surface area contributed by atoms with Crippen molar-refractivity contribution in [1.29, 1.82) is 0 Å². The summed E-state index contributed by atoms with van der Waals surface area (Å²) >= 11 is 0. The van der Waals surface area contributed by atoms with Gasteiger partial charge >= 0.3 is 0 Å². The fourth-order valence-electron chi connectivity index (χ4n) is 2.78. The second kappa shape index (κ2) is 8.84. The number of halogens is 1. The van der Waals surface area contributed by atoms with Gasteiger partial charge in [0.05, 0.1) is 5.69 Å². The van der Waals surface area contributed by atoms with E-state index in [0.29, 0.717) is 24.3 Å². The molecule has 0 bridgehead atoms. The lowest BCUT2D eigenvalue weighted by molar-refractivity contribution is 0.0952. The topological polar surface area (TPSA) is 61.6 Å². The zero-order valence-electron chi connectivity index (χ0n) is 13.9. The quantitative estimate of drug-likeness (QED) is 0.746. The molecule has 6 heteroatoms. The predicted octanol–water partition coefficient (Wildman–Crippen LogP) is 1.44. The molecule has 1 fully saturated rings. The molecule has 0 spiro atoms. The number of piperazine rings is 1. The van der Waals surface area contributed by atoms with E-state index in [1.165, 1.54) is 6.07 Å². The van der Waals surface area contributed by atoms with Crippen molar-refractivity contribution in [2.24, 2.45) is 5.73 Å². The van der Waals surface area contributed by atoms with E-state index in [4.69, 9.17) is 5.73 Å². The van der Waals surface area contributed by atoms with Crippen LogP contribution in [0.25, 0.3) is 0 Å². The number of nitrogens with one attached hydrogen (secondary N) is 1. The molecule has 0 aromatic heterocycles. The first-order valence-corrected chi connectivity index (χ1v) is 8.40. The Morgan fingerprint density at radius 3 is 2.61 bits per heavy atom. The molecule has 23 heavy (non-hydrogen) atoms. The minimum Gasteiger partial charge on any atom is -0.367 e. The lowest BCUT2D eigenvalue weighted by Crippen LogP contribution is -2.46. The van der Waals surface area contributed by atoms with E-state index in [1.807, 2.05) is 4.90 Å². The summed E-state index contributed by atoms with van der Waals surface area (Å²) < 4.78 is 14.4. The number of rotatable bonds is 7. The Hall–Kier alpha value is -1.66. The highest BCUT2D eigenvalue weighted by molar-refractivity contribution is 5.94. The van der Waals surface area contributed by atoms with Gasteiger partial charge in [0, 0.05) is 38.3 Å². The number of carbonyl (C=O) groups excluding carboxylic acids is 1. The van der Waals surface area contributed by atoms with Gasteiger partial charge in [0.25, 0.3) is 5.91 Å². The zero-order chi connectivity index (χ0) is 16.7. The second-order valence-electron chi connectivity index (χ2n) is 5.84. The van der Waals surface area contributed by atoms with Crippen molar-refractivity contribution in [2.45, 2.75) is 19.8 Å². The standard InChI is InChI=1S/C17H27FN4O/c1-2-21-9-11-22(12-10-21)16-6-5-14(13-15(16)18)17(23)20-8-4-3-7-19/h5-6,13H,2-4,7-12,19H2,1H3,(H,20,23). The van der Waals surface area contributed by atoms with Crippen LogP contribution in [0.5, 0.6) is 0 Å². The molecule has 2 rings (SSSR count). The third-order valence-electron chi connectivity index (χ3n) is 4.29. The first-order valence-electron chi connectivity index (χ1n) is 8.40. The zero-order valence-corrected chi connectivity index (χ0v) is 13.9. The monoisotopic (exact) mass is 322 g/mol. The molecule has 1 aromatic carbocycles. The van der Waals surface area contributed by atoms with Crippen LogP contribution >= 0.6 is 0 Å². The van der Waals surface area contributed by atoms with Gasteiger partial charge in [-0.05, 0) is 44.1 Å². The summed E-state index contributed by atoms with van der Waals surface area (Å²) in [6, 6.07) is 4.74. The molecular weight excluding hydrogens is 295 g/mol. The molecule has 1 heterocycles. The number of unbranched alkanes of at least 4 members (excludes halogenated alkanes) is 1. The highest BCUT2D eigenvalue weighted by Crippen LogP contribution is 2.22. The molecule has 0 radical (unpaired) electrons. The SMILES string of the molecule is CCN1CCN(c2ccc(C(=O)NCCCCN)cc2F)CC1. The Bertz CT molecular complexity index is 515. The van der Waals surface area contributed by atoms with Crippen molar-refractivity contribution >= 4 is 11.6 Å². The Labute approximate surface area is 137 Å². The maximum atomic E-state index is 14.4. The van der Waals surface area contributed by atoms with Crippen molar-refractivity contribution in [3.05, 3.63) is 29.6 Å². The number of carbonyl (C=O) groups is 1. The molecule has 0 saturated carbocycles. The van der Waals surface area contributed by atoms with Crippen LogP contribution in [0, 0.1) is 5.82 Å². The Kier molecular flexibility index (Phi) is 6.80.